The number of guanidine groups is 1. The van der Waals surface area contributed by atoms with Crippen molar-refractivity contribution in [2.45, 2.75) is 52.6 Å². The smallest absolute Gasteiger partial charge is 0.191 e. The Labute approximate surface area is 193 Å². The lowest BCUT2D eigenvalue weighted by molar-refractivity contribution is 0.110. The van der Waals surface area contributed by atoms with Gasteiger partial charge < -0.3 is 20.1 Å². The van der Waals surface area contributed by atoms with Gasteiger partial charge >= 0.3 is 0 Å². The molecule has 1 heterocycles. The van der Waals surface area contributed by atoms with E-state index in [2.05, 4.69) is 52.6 Å². The third-order valence-electron chi connectivity index (χ3n) is 5.21. The Kier molecular flexibility index (Phi) is 13.3. The van der Waals surface area contributed by atoms with Gasteiger partial charge in [-0.1, -0.05) is 18.6 Å². The fourth-order valence-corrected chi connectivity index (χ4v) is 3.50. The summed E-state index contributed by atoms with van der Waals surface area (Å²) in [7, 11) is 1.81. The fourth-order valence-electron chi connectivity index (χ4n) is 3.50. The van der Waals surface area contributed by atoms with Gasteiger partial charge in [0.15, 0.2) is 5.96 Å². The van der Waals surface area contributed by atoms with Crippen LogP contribution in [0.25, 0.3) is 0 Å². The maximum absolute atomic E-state index is 5.93. The Morgan fingerprint density at radius 2 is 2.07 bits per heavy atom. The quantitative estimate of drug-likeness (QED) is 0.215. The highest BCUT2D eigenvalue weighted by atomic mass is 127. The number of nitrogens with one attached hydrogen (secondary N) is 2. The molecule has 1 atom stereocenters. The van der Waals surface area contributed by atoms with Crippen molar-refractivity contribution in [2.24, 2.45) is 4.99 Å². The number of rotatable bonds is 10. The van der Waals surface area contributed by atoms with Gasteiger partial charge in [-0.15, -0.1) is 24.0 Å². The average molecular weight is 518 g/mol. The average Bonchev–Trinajstić information content (AvgIpc) is 2.70. The summed E-state index contributed by atoms with van der Waals surface area (Å²) in [6, 6.07) is 6.99. The number of ether oxygens (including phenoxy) is 2. The molecule has 1 fully saturated rings. The van der Waals surface area contributed by atoms with E-state index in [1.165, 1.54) is 31.4 Å². The molecule has 1 aliphatic rings. The number of benzene rings is 1. The van der Waals surface area contributed by atoms with E-state index in [0.717, 1.165) is 30.4 Å². The molecule has 0 amide bonds. The zero-order valence-corrected chi connectivity index (χ0v) is 20.8. The van der Waals surface area contributed by atoms with E-state index >= 15 is 0 Å². The van der Waals surface area contributed by atoms with Crippen molar-refractivity contribution in [2.75, 3.05) is 46.5 Å². The molecule has 1 unspecified atom stereocenters. The third kappa shape index (κ3) is 9.53. The molecule has 0 radical (unpaired) electrons. The topological polar surface area (TPSA) is 58.1 Å². The normalized spacial score (nSPS) is 17.5. The lowest BCUT2D eigenvalue weighted by Gasteiger charge is -2.33. The Hall–Kier alpha value is -1.06. The highest BCUT2D eigenvalue weighted by molar-refractivity contribution is 14.0. The second-order valence-electron chi connectivity index (χ2n) is 7.39. The van der Waals surface area contributed by atoms with E-state index in [9.17, 15) is 0 Å². The second kappa shape index (κ2) is 14.8. The molecule has 0 spiro atoms. The largest absolute Gasteiger partial charge is 0.491 e. The minimum absolute atomic E-state index is 0. The maximum atomic E-state index is 5.93. The molecule has 6 nitrogen and oxygen atoms in total. The zero-order valence-electron chi connectivity index (χ0n) is 18.5. The van der Waals surface area contributed by atoms with Gasteiger partial charge in [0.05, 0.1) is 6.61 Å². The van der Waals surface area contributed by atoms with Crippen molar-refractivity contribution in [3.63, 3.8) is 0 Å². The number of halogens is 1. The van der Waals surface area contributed by atoms with Gasteiger partial charge in [-0.2, -0.15) is 0 Å². The minimum atomic E-state index is 0. The van der Waals surface area contributed by atoms with Gasteiger partial charge in [-0.3, -0.25) is 9.89 Å². The van der Waals surface area contributed by atoms with Crippen LogP contribution in [0.1, 0.15) is 44.2 Å². The highest BCUT2D eigenvalue weighted by Crippen LogP contribution is 2.20. The summed E-state index contributed by atoms with van der Waals surface area (Å²) in [5.41, 5.74) is 2.31. The minimum Gasteiger partial charge on any atom is -0.491 e. The number of aliphatic imine (C=N–C) groups is 1. The molecule has 1 saturated heterocycles. The Morgan fingerprint density at radius 3 is 2.79 bits per heavy atom. The van der Waals surface area contributed by atoms with Crippen LogP contribution >= 0.6 is 24.0 Å². The Bertz CT molecular complexity index is 612. The van der Waals surface area contributed by atoms with Gasteiger partial charge in [0.1, 0.15) is 12.4 Å². The van der Waals surface area contributed by atoms with Crippen LogP contribution in [-0.4, -0.2) is 63.4 Å². The summed E-state index contributed by atoms with van der Waals surface area (Å²) in [5.74, 6) is 1.73. The summed E-state index contributed by atoms with van der Waals surface area (Å²) >= 11 is 0. The maximum Gasteiger partial charge on any atom is 0.191 e. The van der Waals surface area contributed by atoms with Gasteiger partial charge in [0.25, 0.3) is 0 Å². The molecule has 0 bridgehead atoms. The van der Waals surface area contributed by atoms with Crippen molar-refractivity contribution < 1.29 is 9.47 Å². The molecule has 1 aromatic carbocycles. The summed E-state index contributed by atoms with van der Waals surface area (Å²) in [4.78, 5) is 6.92. The van der Waals surface area contributed by atoms with Gasteiger partial charge in [-0.25, -0.2) is 0 Å². The Morgan fingerprint density at radius 1 is 1.24 bits per heavy atom. The van der Waals surface area contributed by atoms with Crippen LogP contribution in [0.4, 0.5) is 0 Å². The van der Waals surface area contributed by atoms with Crippen LogP contribution in [-0.2, 0) is 11.3 Å². The van der Waals surface area contributed by atoms with Crippen molar-refractivity contribution >= 4 is 29.9 Å². The van der Waals surface area contributed by atoms with E-state index < -0.39 is 0 Å². The van der Waals surface area contributed by atoms with Gasteiger partial charge in [-0.05, 0) is 51.8 Å². The van der Waals surface area contributed by atoms with E-state index in [4.69, 9.17) is 9.47 Å². The van der Waals surface area contributed by atoms with Crippen molar-refractivity contribution in [3.05, 3.63) is 29.3 Å². The van der Waals surface area contributed by atoms with Crippen LogP contribution in [0.15, 0.2) is 23.2 Å². The molecule has 29 heavy (non-hydrogen) atoms. The fraction of sp³-hybridized carbons (Fsp3) is 0.682. The van der Waals surface area contributed by atoms with Crippen LogP contribution in [0.5, 0.6) is 5.75 Å². The summed E-state index contributed by atoms with van der Waals surface area (Å²) < 4.78 is 11.3. The van der Waals surface area contributed by atoms with Crippen LogP contribution in [0.2, 0.25) is 0 Å². The van der Waals surface area contributed by atoms with E-state index in [1.807, 2.05) is 14.0 Å². The number of likely N-dealkylation sites (tertiary alicyclic amines) is 1. The predicted octanol–water partition coefficient (Wildman–Crippen LogP) is 3.57. The summed E-state index contributed by atoms with van der Waals surface area (Å²) in [6.45, 7) is 12.1. The van der Waals surface area contributed by atoms with Gasteiger partial charge in [0, 0.05) is 44.9 Å². The lowest BCUT2D eigenvalue weighted by atomic mass is 10.0. The van der Waals surface area contributed by atoms with Crippen molar-refractivity contribution in [1.82, 2.24) is 15.5 Å². The molecule has 2 rings (SSSR count). The molecule has 0 aliphatic carbocycles. The monoisotopic (exact) mass is 518 g/mol. The SMILES string of the molecule is CCOCCOc1cc(C)ccc1CNC(=NC)NCCN1CCCCC1C.I. The summed E-state index contributed by atoms with van der Waals surface area (Å²) in [5, 5.41) is 6.84. The molecular weight excluding hydrogens is 479 g/mol. The molecule has 166 valence electrons. The van der Waals surface area contributed by atoms with Crippen LogP contribution in [0.3, 0.4) is 0 Å². The predicted molar refractivity (Wildman–Crippen MR) is 132 cm³/mol. The molecular formula is C22H39IN4O2. The number of hydrogen-bond acceptors (Lipinski definition) is 4. The first-order valence-corrected chi connectivity index (χ1v) is 10.6. The highest BCUT2D eigenvalue weighted by Gasteiger charge is 2.17. The standard InChI is InChI=1S/C22H38N4O2.HI/c1-5-27-14-15-28-21-16-18(2)9-10-20(21)17-25-22(23-4)24-11-13-26-12-7-6-8-19(26)3;/h9-10,16,19H,5-8,11-15,17H2,1-4H3,(H2,23,24,25);1H. The van der Waals surface area contributed by atoms with Crippen molar-refractivity contribution in [3.8, 4) is 5.75 Å². The van der Waals surface area contributed by atoms with Crippen LogP contribution in [0, 0.1) is 6.92 Å². The van der Waals surface area contributed by atoms with Gasteiger partial charge in [0.2, 0.25) is 0 Å². The second-order valence-corrected chi connectivity index (χ2v) is 7.39. The first-order chi connectivity index (χ1) is 13.6. The number of hydrogen-bond donors (Lipinski definition) is 2. The number of piperidine rings is 1. The molecule has 2 N–H and O–H groups in total. The molecule has 1 aromatic rings. The van der Waals surface area contributed by atoms with Crippen molar-refractivity contribution in [1.29, 1.82) is 0 Å². The first-order valence-electron chi connectivity index (χ1n) is 10.6. The molecule has 7 heteroatoms. The van der Waals surface area contributed by atoms with E-state index in [0.29, 0.717) is 32.4 Å². The molecule has 1 aliphatic heterocycles. The molecule has 0 saturated carbocycles. The lowest BCUT2D eigenvalue weighted by Crippen LogP contribution is -2.45. The van der Waals surface area contributed by atoms with Crippen LogP contribution < -0.4 is 15.4 Å². The zero-order chi connectivity index (χ0) is 20.2. The van der Waals surface area contributed by atoms with E-state index in [-0.39, 0.29) is 24.0 Å². The molecule has 0 aromatic heterocycles. The number of aryl methyl sites for hydroxylation is 1. The number of nitrogens with zero attached hydrogens (tertiary/aromatic N) is 2. The Balaban J connectivity index is 0.00000420. The summed E-state index contributed by atoms with van der Waals surface area (Å²) in [6.07, 6.45) is 3.99. The first kappa shape index (κ1) is 26.0. The third-order valence-corrected chi connectivity index (χ3v) is 5.21. The van der Waals surface area contributed by atoms with E-state index in [1.54, 1.807) is 0 Å².